The molecule has 0 atom stereocenters. The van der Waals surface area contributed by atoms with Crippen LogP contribution < -0.4 is 10.6 Å². The van der Waals surface area contributed by atoms with Gasteiger partial charge in [0.1, 0.15) is 0 Å². The lowest BCUT2D eigenvalue weighted by Crippen LogP contribution is -2.37. The molecule has 2 amide bonds. The van der Waals surface area contributed by atoms with Crippen molar-refractivity contribution in [3.8, 4) is 0 Å². The van der Waals surface area contributed by atoms with E-state index in [1.54, 1.807) is 0 Å². The Kier molecular flexibility index (Phi) is 7.24. The molecule has 2 aromatic rings. The summed E-state index contributed by atoms with van der Waals surface area (Å²) in [6.07, 6.45) is 4.01. The highest BCUT2D eigenvalue weighted by Gasteiger charge is 2.29. The molecule has 1 fully saturated rings. The largest absolute Gasteiger partial charge is 0.356 e. The Hall–Kier alpha value is -2.62. The summed E-state index contributed by atoms with van der Waals surface area (Å²) in [5, 5.41) is 6.10. The number of hydrogen-bond acceptors (Lipinski definition) is 2. The molecule has 1 saturated carbocycles. The van der Waals surface area contributed by atoms with Crippen LogP contribution in [0.2, 0.25) is 0 Å². The quantitative estimate of drug-likeness (QED) is 0.770. The molecule has 3 rings (SSSR count). The van der Waals surface area contributed by atoms with Crippen LogP contribution in [0.5, 0.6) is 0 Å². The van der Waals surface area contributed by atoms with Crippen molar-refractivity contribution in [1.29, 1.82) is 0 Å². The van der Waals surface area contributed by atoms with Crippen molar-refractivity contribution in [3.63, 3.8) is 0 Å². The topological polar surface area (TPSA) is 58.2 Å². The molecule has 0 bridgehead atoms. The van der Waals surface area contributed by atoms with Crippen molar-refractivity contribution in [3.05, 3.63) is 71.3 Å². The van der Waals surface area contributed by atoms with E-state index in [1.165, 1.54) is 11.1 Å². The Labute approximate surface area is 167 Å². The maximum Gasteiger partial charge on any atom is 0.223 e. The molecular formula is C24H30N2O2. The number of nitrogens with one attached hydrogen (secondary N) is 2. The van der Waals surface area contributed by atoms with Gasteiger partial charge in [0, 0.05) is 24.9 Å². The highest BCUT2D eigenvalue weighted by Crippen LogP contribution is 2.29. The first-order chi connectivity index (χ1) is 13.6. The highest BCUT2D eigenvalue weighted by atomic mass is 16.2. The van der Waals surface area contributed by atoms with Gasteiger partial charge in [0.15, 0.2) is 0 Å². The van der Waals surface area contributed by atoms with Gasteiger partial charge in [-0.25, -0.2) is 0 Å². The summed E-state index contributed by atoms with van der Waals surface area (Å²) >= 11 is 0. The van der Waals surface area contributed by atoms with Crippen LogP contribution in [-0.4, -0.2) is 18.4 Å². The number of carbonyl (C=O) groups excluding carboxylic acids is 2. The van der Waals surface area contributed by atoms with E-state index >= 15 is 0 Å². The Morgan fingerprint density at radius 2 is 1.36 bits per heavy atom. The summed E-state index contributed by atoms with van der Waals surface area (Å²) in [5.74, 6) is 0.314. The molecule has 2 aromatic carbocycles. The van der Waals surface area contributed by atoms with E-state index in [1.807, 2.05) is 30.3 Å². The van der Waals surface area contributed by atoms with E-state index in [0.717, 1.165) is 37.7 Å². The van der Waals surface area contributed by atoms with E-state index < -0.39 is 0 Å². The van der Waals surface area contributed by atoms with E-state index in [2.05, 4.69) is 41.8 Å². The molecule has 1 aliphatic carbocycles. The van der Waals surface area contributed by atoms with E-state index in [-0.39, 0.29) is 23.7 Å². The molecule has 28 heavy (non-hydrogen) atoms. The van der Waals surface area contributed by atoms with Crippen molar-refractivity contribution in [2.45, 2.75) is 45.6 Å². The third-order valence-electron chi connectivity index (χ3n) is 5.61. The molecule has 2 N–H and O–H groups in total. The van der Waals surface area contributed by atoms with Gasteiger partial charge >= 0.3 is 0 Å². The van der Waals surface area contributed by atoms with Crippen LogP contribution in [-0.2, 0) is 22.6 Å². The van der Waals surface area contributed by atoms with Crippen LogP contribution in [0.15, 0.2) is 54.6 Å². The Morgan fingerprint density at radius 1 is 0.786 bits per heavy atom. The Morgan fingerprint density at radius 3 is 1.96 bits per heavy atom. The number of hydrogen-bond donors (Lipinski definition) is 2. The van der Waals surface area contributed by atoms with Gasteiger partial charge in [0.25, 0.3) is 0 Å². The van der Waals surface area contributed by atoms with Gasteiger partial charge in [-0.3, -0.25) is 9.59 Å². The molecule has 0 aliphatic heterocycles. The average molecular weight is 379 g/mol. The van der Waals surface area contributed by atoms with Crippen molar-refractivity contribution in [2.75, 3.05) is 6.54 Å². The third kappa shape index (κ3) is 5.95. The fraction of sp³-hybridized carbons (Fsp3) is 0.417. The second-order valence-corrected chi connectivity index (χ2v) is 7.78. The molecule has 0 unspecified atom stereocenters. The molecule has 0 heterocycles. The summed E-state index contributed by atoms with van der Waals surface area (Å²) in [5.41, 5.74) is 3.57. The molecule has 0 aromatic heterocycles. The number of rotatable bonds is 7. The average Bonchev–Trinajstić information content (AvgIpc) is 2.74. The zero-order valence-corrected chi connectivity index (χ0v) is 16.6. The minimum Gasteiger partial charge on any atom is -0.356 e. The summed E-state index contributed by atoms with van der Waals surface area (Å²) in [6.45, 7) is 3.29. The highest BCUT2D eigenvalue weighted by molar-refractivity contribution is 5.81. The fourth-order valence-corrected chi connectivity index (χ4v) is 3.78. The maximum atomic E-state index is 12.4. The number of amides is 2. The van der Waals surface area contributed by atoms with Crippen LogP contribution in [0.1, 0.15) is 42.4 Å². The zero-order valence-electron chi connectivity index (χ0n) is 16.6. The van der Waals surface area contributed by atoms with Crippen molar-refractivity contribution >= 4 is 11.8 Å². The Bertz CT molecular complexity index is 763. The second kappa shape index (κ2) is 10.1. The molecule has 0 spiro atoms. The van der Waals surface area contributed by atoms with Gasteiger partial charge in [-0.05, 0) is 50.2 Å². The third-order valence-corrected chi connectivity index (χ3v) is 5.61. The standard InChI is InChI=1S/C24H30N2O2/c1-18-7-9-20(10-8-18)17-26-24(28)22-13-11-21(12-14-22)23(27)25-16-15-19-5-3-2-4-6-19/h2-10,21-22H,11-17H2,1H3,(H,25,27)(H,26,28). The van der Waals surface area contributed by atoms with Gasteiger partial charge in [-0.15, -0.1) is 0 Å². The van der Waals surface area contributed by atoms with Crippen LogP contribution >= 0.6 is 0 Å². The molecule has 0 saturated heterocycles. The fourth-order valence-electron chi connectivity index (χ4n) is 3.78. The maximum absolute atomic E-state index is 12.4. The Balaban J connectivity index is 1.35. The lowest BCUT2D eigenvalue weighted by molar-refractivity contribution is -0.130. The summed E-state index contributed by atoms with van der Waals surface area (Å²) < 4.78 is 0. The van der Waals surface area contributed by atoms with Gasteiger partial charge < -0.3 is 10.6 Å². The van der Waals surface area contributed by atoms with Crippen molar-refractivity contribution in [1.82, 2.24) is 10.6 Å². The molecule has 0 radical (unpaired) electrons. The minimum atomic E-state index is 0.0267. The first-order valence-corrected chi connectivity index (χ1v) is 10.3. The predicted octanol–water partition coefficient (Wildman–Crippen LogP) is 3.78. The minimum absolute atomic E-state index is 0.0267. The first-order valence-electron chi connectivity index (χ1n) is 10.3. The SMILES string of the molecule is Cc1ccc(CNC(=O)C2CCC(C(=O)NCCc3ccccc3)CC2)cc1. The van der Waals surface area contributed by atoms with E-state index in [4.69, 9.17) is 0 Å². The van der Waals surface area contributed by atoms with Crippen LogP contribution in [0.3, 0.4) is 0 Å². The van der Waals surface area contributed by atoms with Crippen LogP contribution in [0.4, 0.5) is 0 Å². The number of aryl methyl sites for hydroxylation is 1. The number of carbonyl (C=O) groups is 2. The summed E-state index contributed by atoms with van der Waals surface area (Å²) in [6, 6.07) is 18.4. The summed E-state index contributed by atoms with van der Waals surface area (Å²) in [4.78, 5) is 24.8. The van der Waals surface area contributed by atoms with Crippen molar-refractivity contribution < 1.29 is 9.59 Å². The second-order valence-electron chi connectivity index (χ2n) is 7.78. The van der Waals surface area contributed by atoms with Crippen molar-refractivity contribution in [2.24, 2.45) is 11.8 Å². The van der Waals surface area contributed by atoms with Gasteiger partial charge in [0.05, 0.1) is 0 Å². The predicted molar refractivity (Wildman–Crippen MR) is 112 cm³/mol. The molecule has 1 aliphatic rings. The molecular weight excluding hydrogens is 348 g/mol. The monoisotopic (exact) mass is 378 g/mol. The summed E-state index contributed by atoms with van der Waals surface area (Å²) in [7, 11) is 0. The van der Waals surface area contributed by atoms with Crippen LogP contribution in [0.25, 0.3) is 0 Å². The van der Waals surface area contributed by atoms with Gasteiger partial charge in [0.2, 0.25) is 11.8 Å². The van der Waals surface area contributed by atoms with Crippen LogP contribution in [0, 0.1) is 18.8 Å². The normalized spacial score (nSPS) is 19.0. The lowest BCUT2D eigenvalue weighted by atomic mass is 9.81. The smallest absolute Gasteiger partial charge is 0.223 e. The zero-order chi connectivity index (χ0) is 19.8. The lowest BCUT2D eigenvalue weighted by Gasteiger charge is -2.27. The van der Waals surface area contributed by atoms with Gasteiger partial charge in [-0.2, -0.15) is 0 Å². The molecule has 4 heteroatoms. The van der Waals surface area contributed by atoms with Gasteiger partial charge in [-0.1, -0.05) is 60.2 Å². The number of benzene rings is 2. The van der Waals surface area contributed by atoms with E-state index in [9.17, 15) is 9.59 Å². The molecule has 148 valence electrons. The van der Waals surface area contributed by atoms with E-state index in [0.29, 0.717) is 13.1 Å². The first kappa shape index (κ1) is 20.1. The molecule has 4 nitrogen and oxygen atoms in total.